The molecule has 3 rings (SSSR count). The van der Waals surface area contributed by atoms with E-state index in [9.17, 15) is 9.90 Å². The lowest BCUT2D eigenvalue weighted by Crippen LogP contribution is -2.43. The smallest absolute Gasteiger partial charge is 0.259 e. The first-order chi connectivity index (χ1) is 12.6. The van der Waals surface area contributed by atoms with Crippen molar-refractivity contribution in [1.82, 2.24) is 19.8 Å². The predicted molar refractivity (Wildman–Crippen MR) is 99.6 cm³/mol. The fourth-order valence-corrected chi connectivity index (χ4v) is 3.49. The molecule has 7 nitrogen and oxygen atoms in total. The highest BCUT2D eigenvalue weighted by atomic mass is 16.3. The normalized spacial score (nSPS) is 17.3. The highest BCUT2D eigenvalue weighted by Gasteiger charge is 2.28. The standard InChI is InChI=1S/C19H25N5O2/c1-2-23-9-3-4-15(23)12-24(11-14-5-7-16(25)8-6-14)19(26)17-10-21-13-22-18(17)20/h5-8,10,13,15,25H,2-4,9,11-12H2,1H3,(H2,20,21,22). The third-order valence-corrected chi connectivity index (χ3v) is 4.91. The fraction of sp³-hybridized carbons (Fsp3) is 0.421. The van der Waals surface area contributed by atoms with Gasteiger partial charge >= 0.3 is 0 Å². The Morgan fingerprint density at radius 3 is 2.85 bits per heavy atom. The van der Waals surface area contributed by atoms with Crippen LogP contribution in [0.1, 0.15) is 35.7 Å². The molecular formula is C19H25N5O2. The average molecular weight is 355 g/mol. The summed E-state index contributed by atoms with van der Waals surface area (Å²) >= 11 is 0. The van der Waals surface area contributed by atoms with Crippen LogP contribution >= 0.6 is 0 Å². The highest BCUT2D eigenvalue weighted by molar-refractivity contribution is 5.97. The third kappa shape index (κ3) is 4.11. The number of nitrogen functional groups attached to an aromatic ring is 1. The van der Waals surface area contributed by atoms with Gasteiger partial charge in [0.2, 0.25) is 0 Å². The molecular weight excluding hydrogens is 330 g/mol. The van der Waals surface area contributed by atoms with E-state index in [0.29, 0.717) is 24.7 Å². The van der Waals surface area contributed by atoms with Gasteiger partial charge in [0, 0.05) is 25.3 Å². The molecule has 26 heavy (non-hydrogen) atoms. The lowest BCUT2D eigenvalue weighted by atomic mass is 10.1. The largest absolute Gasteiger partial charge is 0.508 e. The predicted octanol–water partition coefficient (Wildman–Crippen LogP) is 1.89. The fourth-order valence-electron chi connectivity index (χ4n) is 3.49. The Morgan fingerprint density at radius 1 is 1.38 bits per heavy atom. The van der Waals surface area contributed by atoms with Crippen molar-refractivity contribution in [2.45, 2.75) is 32.4 Å². The first-order valence-corrected chi connectivity index (χ1v) is 8.95. The zero-order chi connectivity index (χ0) is 18.5. The van der Waals surface area contributed by atoms with Gasteiger partial charge in [0.1, 0.15) is 23.5 Å². The van der Waals surface area contributed by atoms with Crippen molar-refractivity contribution in [2.75, 3.05) is 25.4 Å². The van der Waals surface area contributed by atoms with Crippen molar-refractivity contribution in [3.63, 3.8) is 0 Å². The summed E-state index contributed by atoms with van der Waals surface area (Å²) in [7, 11) is 0. The molecule has 1 aromatic carbocycles. The van der Waals surface area contributed by atoms with Crippen LogP contribution < -0.4 is 5.73 Å². The molecule has 1 aromatic heterocycles. The molecule has 1 aliphatic rings. The Kier molecular flexibility index (Phi) is 5.68. The summed E-state index contributed by atoms with van der Waals surface area (Å²) in [5, 5.41) is 9.49. The SMILES string of the molecule is CCN1CCCC1CN(Cc1ccc(O)cc1)C(=O)c1cncnc1N. The lowest BCUT2D eigenvalue weighted by molar-refractivity contribution is 0.0692. The van der Waals surface area contributed by atoms with Gasteiger partial charge < -0.3 is 15.7 Å². The quantitative estimate of drug-likeness (QED) is 0.821. The van der Waals surface area contributed by atoms with Crippen LogP contribution in [0.4, 0.5) is 5.82 Å². The van der Waals surface area contributed by atoms with Crippen LogP contribution in [0.25, 0.3) is 0 Å². The molecule has 7 heteroatoms. The van der Waals surface area contributed by atoms with E-state index in [1.165, 1.54) is 12.5 Å². The van der Waals surface area contributed by atoms with Gasteiger partial charge in [0.15, 0.2) is 0 Å². The maximum atomic E-state index is 13.1. The van der Waals surface area contributed by atoms with E-state index < -0.39 is 0 Å². The molecule has 1 aliphatic heterocycles. The molecule has 0 saturated carbocycles. The molecule has 0 spiro atoms. The number of likely N-dealkylation sites (N-methyl/N-ethyl adjacent to an activating group) is 1. The second-order valence-corrected chi connectivity index (χ2v) is 6.60. The number of likely N-dealkylation sites (tertiary alicyclic amines) is 1. The summed E-state index contributed by atoms with van der Waals surface area (Å²) in [6, 6.07) is 7.25. The number of nitrogens with zero attached hydrogens (tertiary/aromatic N) is 4. The van der Waals surface area contributed by atoms with E-state index >= 15 is 0 Å². The number of amides is 1. The van der Waals surface area contributed by atoms with Gasteiger partial charge in [0.25, 0.3) is 5.91 Å². The molecule has 3 N–H and O–H groups in total. The Bertz CT molecular complexity index is 750. The second-order valence-electron chi connectivity index (χ2n) is 6.60. The third-order valence-electron chi connectivity index (χ3n) is 4.91. The van der Waals surface area contributed by atoms with Gasteiger partial charge in [-0.25, -0.2) is 9.97 Å². The first kappa shape index (κ1) is 18.1. The maximum Gasteiger partial charge on any atom is 0.259 e. The Labute approximate surface area is 153 Å². The summed E-state index contributed by atoms with van der Waals surface area (Å²) in [6.07, 6.45) is 5.04. The van der Waals surface area contributed by atoms with Crippen LogP contribution in [0.15, 0.2) is 36.8 Å². The van der Waals surface area contributed by atoms with Gasteiger partial charge in [-0.05, 0) is 43.6 Å². The number of carbonyl (C=O) groups is 1. The van der Waals surface area contributed by atoms with Gasteiger partial charge in [0.05, 0.1) is 0 Å². The number of phenolic OH excluding ortho intramolecular Hbond substituents is 1. The number of hydrogen-bond donors (Lipinski definition) is 2. The number of benzene rings is 1. The highest BCUT2D eigenvalue weighted by Crippen LogP contribution is 2.21. The molecule has 1 unspecified atom stereocenters. The zero-order valence-electron chi connectivity index (χ0n) is 15.0. The zero-order valence-corrected chi connectivity index (χ0v) is 15.0. The monoisotopic (exact) mass is 355 g/mol. The molecule has 1 atom stereocenters. The van der Waals surface area contributed by atoms with E-state index in [1.54, 1.807) is 17.0 Å². The topological polar surface area (TPSA) is 95.6 Å². The minimum absolute atomic E-state index is 0.167. The number of aromatic nitrogens is 2. The maximum absolute atomic E-state index is 13.1. The van der Waals surface area contributed by atoms with Gasteiger partial charge in [-0.3, -0.25) is 9.69 Å². The molecule has 2 aromatic rings. The summed E-state index contributed by atoms with van der Waals surface area (Å²) in [5.74, 6) is 0.235. The van der Waals surface area contributed by atoms with E-state index in [2.05, 4.69) is 21.8 Å². The number of anilines is 1. The van der Waals surface area contributed by atoms with Gasteiger partial charge in [-0.2, -0.15) is 0 Å². The molecule has 0 radical (unpaired) electrons. The number of nitrogens with two attached hydrogens (primary N) is 1. The Balaban J connectivity index is 1.84. The van der Waals surface area contributed by atoms with Crippen LogP contribution in [0.3, 0.4) is 0 Å². The van der Waals surface area contributed by atoms with Crippen LogP contribution in [-0.4, -0.2) is 56.5 Å². The molecule has 0 bridgehead atoms. The van der Waals surface area contributed by atoms with E-state index in [4.69, 9.17) is 5.73 Å². The minimum Gasteiger partial charge on any atom is -0.508 e. The molecule has 1 saturated heterocycles. The molecule has 1 fully saturated rings. The van der Waals surface area contributed by atoms with Crippen molar-refractivity contribution in [3.8, 4) is 5.75 Å². The van der Waals surface area contributed by atoms with Crippen LogP contribution in [0, 0.1) is 0 Å². The summed E-state index contributed by atoms with van der Waals surface area (Å²) < 4.78 is 0. The van der Waals surface area contributed by atoms with Crippen LogP contribution in [-0.2, 0) is 6.54 Å². The van der Waals surface area contributed by atoms with Crippen molar-refractivity contribution < 1.29 is 9.90 Å². The van der Waals surface area contributed by atoms with Gasteiger partial charge in [-0.1, -0.05) is 19.1 Å². The Morgan fingerprint density at radius 2 is 2.15 bits per heavy atom. The Hall–Kier alpha value is -2.67. The van der Waals surface area contributed by atoms with Gasteiger partial charge in [-0.15, -0.1) is 0 Å². The van der Waals surface area contributed by atoms with Crippen LogP contribution in [0.2, 0.25) is 0 Å². The van der Waals surface area contributed by atoms with Crippen LogP contribution in [0.5, 0.6) is 5.75 Å². The van der Waals surface area contributed by atoms with E-state index in [1.807, 2.05) is 12.1 Å². The van der Waals surface area contributed by atoms with Crippen molar-refractivity contribution in [2.24, 2.45) is 0 Å². The summed E-state index contributed by atoms with van der Waals surface area (Å²) in [6.45, 7) is 5.26. The van der Waals surface area contributed by atoms with E-state index in [-0.39, 0.29) is 17.5 Å². The summed E-state index contributed by atoms with van der Waals surface area (Å²) in [4.78, 5) is 25.2. The summed E-state index contributed by atoms with van der Waals surface area (Å²) in [5.41, 5.74) is 7.17. The average Bonchev–Trinajstić information content (AvgIpc) is 3.10. The number of aromatic hydroxyl groups is 1. The molecule has 0 aliphatic carbocycles. The number of phenols is 1. The molecule has 138 valence electrons. The molecule has 2 heterocycles. The van der Waals surface area contributed by atoms with Crippen molar-refractivity contribution >= 4 is 11.7 Å². The minimum atomic E-state index is -0.167. The first-order valence-electron chi connectivity index (χ1n) is 8.95. The number of rotatable bonds is 6. The number of carbonyl (C=O) groups excluding carboxylic acids is 1. The van der Waals surface area contributed by atoms with Crippen molar-refractivity contribution in [1.29, 1.82) is 0 Å². The lowest BCUT2D eigenvalue weighted by Gasteiger charge is -2.30. The number of hydrogen-bond acceptors (Lipinski definition) is 6. The van der Waals surface area contributed by atoms with Crippen molar-refractivity contribution in [3.05, 3.63) is 47.9 Å². The molecule has 1 amide bonds. The second kappa shape index (κ2) is 8.14. The van der Waals surface area contributed by atoms with E-state index in [0.717, 1.165) is 31.5 Å².